The van der Waals surface area contributed by atoms with Gasteiger partial charge in [-0.05, 0) is 38.5 Å². The molecular formula is C13H17BrO2. The minimum Gasteiger partial charge on any atom is -0.490 e. The quantitative estimate of drug-likeness (QED) is 0.757. The van der Waals surface area contributed by atoms with E-state index in [0.717, 1.165) is 17.3 Å². The molecule has 0 amide bonds. The predicted molar refractivity (Wildman–Crippen MR) is 69.1 cm³/mol. The first-order valence-electron chi connectivity index (χ1n) is 5.51. The lowest BCUT2D eigenvalue weighted by Gasteiger charge is -2.16. The maximum Gasteiger partial charge on any atom is 0.163 e. The molecule has 1 aromatic carbocycles. The van der Waals surface area contributed by atoms with Crippen molar-refractivity contribution in [2.45, 2.75) is 39.7 Å². The van der Waals surface area contributed by atoms with Gasteiger partial charge in [0.05, 0.1) is 11.7 Å². The molecule has 0 aliphatic carbocycles. The van der Waals surface area contributed by atoms with Crippen LogP contribution in [0.2, 0.25) is 0 Å². The van der Waals surface area contributed by atoms with Crippen LogP contribution in [-0.2, 0) is 0 Å². The van der Waals surface area contributed by atoms with Crippen molar-refractivity contribution in [1.82, 2.24) is 0 Å². The molecule has 1 unspecified atom stereocenters. The van der Waals surface area contributed by atoms with Gasteiger partial charge in [-0.2, -0.15) is 0 Å². The molecule has 0 bridgehead atoms. The summed E-state index contributed by atoms with van der Waals surface area (Å²) >= 11 is 3.35. The van der Waals surface area contributed by atoms with E-state index in [2.05, 4.69) is 22.9 Å². The smallest absolute Gasteiger partial charge is 0.163 e. The molecule has 2 nitrogen and oxygen atoms in total. The Morgan fingerprint density at radius 2 is 2.19 bits per heavy atom. The molecule has 0 fully saturated rings. The first-order chi connectivity index (χ1) is 7.54. The van der Waals surface area contributed by atoms with Crippen molar-refractivity contribution in [3.8, 4) is 5.75 Å². The molecule has 16 heavy (non-hydrogen) atoms. The van der Waals surface area contributed by atoms with Crippen molar-refractivity contribution in [1.29, 1.82) is 0 Å². The topological polar surface area (TPSA) is 26.3 Å². The van der Waals surface area contributed by atoms with Crippen molar-refractivity contribution in [3.05, 3.63) is 28.2 Å². The van der Waals surface area contributed by atoms with Gasteiger partial charge in [-0.1, -0.05) is 29.3 Å². The van der Waals surface area contributed by atoms with Crippen molar-refractivity contribution >= 4 is 21.7 Å². The van der Waals surface area contributed by atoms with Crippen LogP contribution in [0.15, 0.2) is 22.7 Å². The van der Waals surface area contributed by atoms with Gasteiger partial charge in [0.15, 0.2) is 5.78 Å². The van der Waals surface area contributed by atoms with Crippen LogP contribution in [0.1, 0.15) is 44.0 Å². The SMILES string of the molecule is CCCC(C)Oc1ccc(Br)cc1C(C)=O. The maximum atomic E-state index is 11.5. The predicted octanol–water partition coefficient (Wildman–Crippen LogP) is 4.22. The van der Waals surface area contributed by atoms with Crippen molar-refractivity contribution in [2.75, 3.05) is 0 Å². The summed E-state index contributed by atoms with van der Waals surface area (Å²) in [4.78, 5) is 11.5. The lowest BCUT2D eigenvalue weighted by molar-refractivity contribution is 0.101. The average molecular weight is 285 g/mol. The molecule has 3 heteroatoms. The van der Waals surface area contributed by atoms with E-state index in [1.54, 1.807) is 13.0 Å². The molecular weight excluding hydrogens is 268 g/mol. The number of carbonyl (C=O) groups excluding carboxylic acids is 1. The molecule has 0 N–H and O–H groups in total. The summed E-state index contributed by atoms with van der Waals surface area (Å²) in [6.07, 6.45) is 2.21. The Morgan fingerprint density at radius 3 is 2.75 bits per heavy atom. The van der Waals surface area contributed by atoms with Crippen molar-refractivity contribution in [3.63, 3.8) is 0 Å². The van der Waals surface area contributed by atoms with Crippen molar-refractivity contribution in [2.24, 2.45) is 0 Å². The van der Waals surface area contributed by atoms with Crippen LogP contribution >= 0.6 is 15.9 Å². The molecule has 0 aliphatic heterocycles. The summed E-state index contributed by atoms with van der Waals surface area (Å²) in [6, 6.07) is 5.53. The van der Waals surface area contributed by atoms with Gasteiger partial charge < -0.3 is 4.74 Å². The van der Waals surface area contributed by atoms with Gasteiger partial charge in [0, 0.05) is 4.47 Å². The highest BCUT2D eigenvalue weighted by Gasteiger charge is 2.11. The Labute approximate surface area is 105 Å². The summed E-state index contributed by atoms with van der Waals surface area (Å²) < 4.78 is 6.66. The fourth-order valence-corrected chi connectivity index (χ4v) is 1.92. The van der Waals surface area contributed by atoms with Crippen LogP contribution in [0.25, 0.3) is 0 Å². The van der Waals surface area contributed by atoms with Gasteiger partial charge >= 0.3 is 0 Å². The second-order valence-electron chi connectivity index (χ2n) is 3.91. The highest BCUT2D eigenvalue weighted by molar-refractivity contribution is 9.10. The summed E-state index contributed by atoms with van der Waals surface area (Å²) in [5, 5.41) is 0. The van der Waals surface area contributed by atoms with E-state index < -0.39 is 0 Å². The van der Waals surface area contributed by atoms with Crippen LogP contribution in [0.4, 0.5) is 0 Å². The number of hydrogen-bond acceptors (Lipinski definition) is 2. The van der Waals surface area contributed by atoms with Gasteiger partial charge in [-0.3, -0.25) is 4.79 Å². The van der Waals surface area contributed by atoms with E-state index >= 15 is 0 Å². The Bertz CT molecular complexity index is 374. The number of Topliss-reactive ketones (excluding diaryl/α,β-unsaturated/α-hetero) is 1. The third-order valence-electron chi connectivity index (χ3n) is 2.34. The first kappa shape index (κ1) is 13.2. The third-order valence-corrected chi connectivity index (χ3v) is 2.84. The Kier molecular flexibility index (Phi) is 5.00. The molecule has 0 radical (unpaired) electrons. The molecule has 1 aromatic rings. The Morgan fingerprint density at radius 1 is 1.50 bits per heavy atom. The number of rotatable bonds is 5. The highest BCUT2D eigenvalue weighted by Crippen LogP contribution is 2.25. The average Bonchev–Trinajstić information content (AvgIpc) is 2.20. The van der Waals surface area contributed by atoms with E-state index in [-0.39, 0.29) is 11.9 Å². The van der Waals surface area contributed by atoms with E-state index in [4.69, 9.17) is 4.74 Å². The zero-order chi connectivity index (χ0) is 12.1. The molecule has 0 aliphatic rings. The van der Waals surface area contributed by atoms with Crippen LogP contribution in [0, 0.1) is 0 Å². The standard InChI is InChI=1S/C13H17BrO2/c1-4-5-9(2)16-13-7-6-11(14)8-12(13)10(3)15/h6-9H,4-5H2,1-3H3. The van der Waals surface area contributed by atoms with Gasteiger partial charge in [0.25, 0.3) is 0 Å². The second kappa shape index (κ2) is 6.04. The summed E-state index contributed by atoms with van der Waals surface area (Å²) in [5.74, 6) is 0.705. The summed E-state index contributed by atoms with van der Waals surface area (Å²) in [6.45, 7) is 5.70. The van der Waals surface area contributed by atoms with E-state index in [1.165, 1.54) is 0 Å². The molecule has 1 atom stereocenters. The van der Waals surface area contributed by atoms with Crippen LogP contribution in [-0.4, -0.2) is 11.9 Å². The number of ether oxygens (including phenoxy) is 1. The number of benzene rings is 1. The fraction of sp³-hybridized carbons (Fsp3) is 0.462. The van der Waals surface area contributed by atoms with Gasteiger partial charge in [0.1, 0.15) is 5.75 Å². The Hall–Kier alpha value is -0.830. The summed E-state index contributed by atoms with van der Waals surface area (Å²) in [5.41, 5.74) is 0.636. The lowest BCUT2D eigenvalue weighted by Crippen LogP contribution is -2.13. The molecule has 0 saturated carbocycles. The number of ketones is 1. The van der Waals surface area contributed by atoms with Gasteiger partial charge in [-0.25, -0.2) is 0 Å². The minimum absolute atomic E-state index is 0.0278. The van der Waals surface area contributed by atoms with Crippen molar-refractivity contribution < 1.29 is 9.53 Å². The molecule has 1 rings (SSSR count). The largest absolute Gasteiger partial charge is 0.490 e. The maximum absolute atomic E-state index is 11.5. The lowest BCUT2D eigenvalue weighted by atomic mass is 10.1. The molecule has 88 valence electrons. The highest BCUT2D eigenvalue weighted by atomic mass is 79.9. The second-order valence-corrected chi connectivity index (χ2v) is 4.83. The van der Waals surface area contributed by atoms with Crippen LogP contribution in [0.5, 0.6) is 5.75 Å². The zero-order valence-electron chi connectivity index (χ0n) is 9.92. The monoisotopic (exact) mass is 284 g/mol. The fourth-order valence-electron chi connectivity index (χ4n) is 1.56. The number of hydrogen-bond donors (Lipinski definition) is 0. The first-order valence-corrected chi connectivity index (χ1v) is 6.31. The molecule has 0 saturated heterocycles. The van der Waals surface area contributed by atoms with E-state index in [1.807, 2.05) is 19.1 Å². The van der Waals surface area contributed by atoms with Crippen LogP contribution < -0.4 is 4.74 Å². The van der Waals surface area contributed by atoms with Gasteiger partial charge in [-0.15, -0.1) is 0 Å². The molecule has 0 spiro atoms. The molecule has 0 heterocycles. The van der Waals surface area contributed by atoms with E-state index in [0.29, 0.717) is 11.3 Å². The number of carbonyl (C=O) groups is 1. The van der Waals surface area contributed by atoms with Crippen LogP contribution in [0.3, 0.4) is 0 Å². The summed E-state index contributed by atoms with van der Waals surface area (Å²) in [7, 11) is 0. The Balaban J connectivity index is 2.90. The zero-order valence-corrected chi connectivity index (χ0v) is 11.5. The third kappa shape index (κ3) is 3.63. The molecule has 0 aromatic heterocycles. The number of halogens is 1. The minimum atomic E-state index is 0.0278. The van der Waals surface area contributed by atoms with Gasteiger partial charge in [0.2, 0.25) is 0 Å². The van der Waals surface area contributed by atoms with E-state index in [9.17, 15) is 4.79 Å². The normalized spacial score (nSPS) is 12.2.